The van der Waals surface area contributed by atoms with Crippen LogP contribution in [0.3, 0.4) is 0 Å². The molecule has 0 spiro atoms. The Morgan fingerprint density at radius 1 is 0.650 bits per heavy atom. The average Bonchev–Trinajstić information content (AvgIpc) is 2.49. The van der Waals surface area contributed by atoms with E-state index in [4.69, 9.17) is 0 Å². The van der Waals surface area contributed by atoms with Gasteiger partial charge in [-0.1, -0.05) is 54.6 Å². The van der Waals surface area contributed by atoms with Crippen molar-refractivity contribution in [3.8, 4) is 22.3 Å². The van der Waals surface area contributed by atoms with Crippen molar-refractivity contribution in [1.82, 2.24) is 0 Å². The van der Waals surface area contributed by atoms with Crippen LogP contribution in [0.1, 0.15) is 0 Å². The number of benzene rings is 3. The fourth-order valence-electron chi connectivity index (χ4n) is 2.20. The highest BCUT2D eigenvalue weighted by atomic mass is 32.1. The lowest BCUT2D eigenvalue weighted by atomic mass is 10.00. The third-order valence-electron chi connectivity index (χ3n) is 3.25. The lowest BCUT2D eigenvalue weighted by Gasteiger charge is -2.07. The van der Waals surface area contributed by atoms with E-state index in [-0.39, 0.29) is 5.82 Å². The maximum absolute atomic E-state index is 14.3. The van der Waals surface area contributed by atoms with E-state index >= 15 is 0 Å². The second kappa shape index (κ2) is 5.51. The first kappa shape index (κ1) is 12.9. The van der Waals surface area contributed by atoms with Crippen molar-refractivity contribution >= 4 is 12.6 Å². The molecule has 0 heterocycles. The van der Waals surface area contributed by atoms with Crippen LogP contribution in [0.25, 0.3) is 22.3 Å². The van der Waals surface area contributed by atoms with Gasteiger partial charge in [-0.25, -0.2) is 4.39 Å². The topological polar surface area (TPSA) is 0 Å². The quantitative estimate of drug-likeness (QED) is 0.593. The summed E-state index contributed by atoms with van der Waals surface area (Å²) in [5.74, 6) is -0.205. The van der Waals surface area contributed by atoms with Crippen LogP contribution in [0.15, 0.2) is 77.7 Å². The van der Waals surface area contributed by atoms with Crippen molar-refractivity contribution in [2.75, 3.05) is 0 Å². The molecular formula is C18H13FS. The van der Waals surface area contributed by atoms with E-state index in [2.05, 4.69) is 12.6 Å². The zero-order chi connectivity index (χ0) is 13.9. The highest BCUT2D eigenvalue weighted by Crippen LogP contribution is 2.28. The van der Waals surface area contributed by atoms with Gasteiger partial charge in [0.2, 0.25) is 0 Å². The molecule has 3 rings (SSSR count). The Morgan fingerprint density at radius 2 is 1.30 bits per heavy atom. The van der Waals surface area contributed by atoms with Gasteiger partial charge in [0.25, 0.3) is 0 Å². The summed E-state index contributed by atoms with van der Waals surface area (Å²) in [7, 11) is 0. The Kier molecular flexibility index (Phi) is 3.57. The Hall–Kier alpha value is -2.06. The minimum Gasteiger partial charge on any atom is -0.206 e. The summed E-state index contributed by atoms with van der Waals surface area (Å²) in [5.41, 5.74) is 3.37. The first-order chi connectivity index (χ1) is 9.74. The lowest BCUT2D eigenvalue weighted by Crippen LogP contribution is -1.86. The summed E-state index contributed by atoms with van der Waals surface area (Å²) in [4.78, 5) is 0.898. The van der Waals surface area contributed by atoms with Crippen LogP contribution >= 0.6 is 12.6 Å². The van der Waals surface area contributed by atoms with Crippen LogP contribution in [-0.2, 0) is 0 Å². The van der Waals surface area contributed by atoms with Gasteiger partial charge in [0.05, 0.1) is 0 Å². The minimum atomic E-state index is -0.205. The third kappa shape index (κ3) is 2.61. The predicted molar refractivity (Wildman–Crippen MR) is 84.5 cm³/mol. The molecule has 0 aromatic heterocycles. The van der Waals surface area contributed by atoms with Crippen molar-refractivity contribution in [3.63, 3.8) is 0 Å². The summed E-state index contributed by atoms with van der Waals surface area (Å²) in [5, 5.41) is 0. The largest absolute Gasteiger partial charge is 0.206 e. The zero-order valence-electron chi connectivity index (χ0n) is 10.8. The van der Waals surface area contributed by atoms with Gasteiger partial charge in [-0.3, -0.25) is 0 Å². The van der Waals surface area contributed by atoms with Crippen LogP contribution in [0, 0.1) is 5.82 Å². The molecule has 0 aliphatic heterocycles. The Bertz CT molecular complexity index is 718. The number of hydrogen-bond donors (Lipinski definition) is 1. The van der Waals surface area contributed by atoms with Crippen molar-refractivity contribution in [2.24, 2.45) is 0 Å². The summed E-state index contributed by atoms with van der Waals surface area (Å²) >= 11 is 4.25. The Labute approximate surface area is 123 Å². The highest BCUT2D eigenvalue weighted by Gasteiger charge is 2.06. The molecule has 0 nitrogen and oxygen atoms in total. The molecule has 2 heteroatoms. The lowest BCUT2D eigenvalue weighted by molar-refractivity contribution is 0.632. The van der Waals surface area contributed by atoms with Gasteiger partial charge in [-0.2, -0.15) is 0 Å². The van der Waals surface area contributed by atoms with Crippen LogP contribution in [0.2, 0.25) is 0 Å². The van der Waals surface area contributed by atoms with Crippen molar-refractivity contribution in [2.45, 2.75) is 4.90 Å². The zero-order valence-corrected chi connectivity index (χ0v) is 11.6. The first-order valence-electron chi connectivity index (χ1n) is 6.38. The molecule has 0 radical (unpaired) electrons. The van der Waals surface area contributed by atoms with Crippen molar-refractivity contribution < 1.29 is 4.39 Å². The fraction of sp³-hybridized carbons (Fsp3) is 0. The molecule has 0 fully saturated rings. The van der Waals surface area contributed by atoms with Gasteiger partial charge in [0, 0.05) is 10.5 Å². The van der Waals surface area contributed by atoms with Gasteiger partial charge in [-0.05, 0) is 34.9 Å². The summed E-state index contributed by atoms with van der Waals surface area (Å²) in [6.07, 6.45) is 0. The molecule has 0 aliphatic rings. The second-order valence-electron chi connectivity index (χ2n) is 4.61. The maximum atomic E-state index is 14.3. The number of halogens is 1. The van der Waals surface area contributed by atoms with Gasteiger partial charge in [-0.15, -0.1) is 12.6 Å². The van der Waals surface area contributed by atoms with Crippen LogP contribution in [0.4, 0.5) is 4.39 Å². The molecule has 98 valence electrons. The van der Waals surface area contributed by atoms with Crippen molar-refractivity contribution in [1.29, 1.82) is 0 Å². The normalized spacial score (nSPS) is 10.5. The maximum Gasteiger partial charge on any atom is 0.131 e. The molecule has 0 unspecified atom stereocenters. The van der Waals surface area contributed by atoms with E-state index in [0.29, 0.717) is 5.56 Å². The van der Waals surface area contributed by atoms with E-state index in [9.17, 15) is 4.39 Å². The number of thiol groups is 1. The summed E-state index contributed by atoms with van der Waals surface area (Å²) < 4.78 is 14.3. The molecule has 0 saturated heterocycles. The van der Waals surface area contributed by atoms with Crippen LogP contribution in [0.5, 0.6) is 0 Å². The highest BCUT2D eigenvalue weighted by molar-refractivity contribution is 7.80. The monoisotopic (exact) mass is 280 g/mol. The SMILES string of the molecule is Fc1cc(-c2ccc(S)cc2)ccc1-c1ccccc1. The first-order valence-corrected chi connectivity index (χ1v) is 6.83. The Balaban J connectivity index is 2.01. The predicted octanol–water partition coefficient (Wildman–Crippen LogP) is 5.45. The third-order valence-corrected chi connectivity index (χ3v) is 3.55. The smallest absolute Gasteiger partial charge is 0.131 e. The van der Waals surface area contributed by atoms with E-state index in [1.165, 1.54) is 0 Å². The molecular weight excluding hydrogens is 267 g/mol. The Morgan fingerprint density at radius 3 is 1.95 bits per heavy atom. The summed E-state index contributed by atoms with van der Waals surface area (Å²) in [6.45, 7) is 0. The molecule has 0 aliphatic carbocycles. The molecule has 0 bridgehead atoms. The van der Waals surface area contributed by atoms with E-state index in [0.717, 1.165) is 21.6 Å². The molecule has 0 N–H and O–H groups in total. The van der Waals surface area contributed by atoms with E-state index in [1.54, 1.807) is 6.07 Å². The van der Waals surface area contributed by atoms with E-state index in [1.807, 2.05) is 66.7 Å². The van der Waals surface area contributed by atoms with Gasteiger partial charge in [0.1, 0.15) is 5.82 Å². The van der Waals surface area contributed by atoms with Gasteiger partial charge >= 0.3 is 0 Å². The molecule has 20 heavy (non-hydrogen) atoms. The molecule has 3 aromatic carbocycles. The number of rotatable bonds is 2. The standard InChI is InChI=1S/C18H13FS/c19-18-12-15(13-6-9-16(20)10-7-13)8-11-17(18)14-4-2-1-3-5-14/h1-12,20H. The number of hydrogen-bond acceptors (Lipinski definition) is 1. The van der Waals surface area contributed by atoms with Gasteiger partial charge in [0.15, 0.2) is 0 Å². The molecule has 0 amide bonds. The molecule has 0 atom stereocenters. The van der Waals surface area contributed by atoms with E-state index < -0.39 is 0 Å². The van der Waals surface area contributed by atoms with Crippen LogP contribution < -0.4 is 0 Å². The molecule has 0 saturated carbocycles. The summed E-state index contributed by atoms with van der Waals surface area (Å²) in [6, 6.07) is 22.6. The minimum absolute atomic E-state index is 0.205. The van der Waals surface area contributed by atoms with Crippen molar-refractivity contribution in [3.05, 3.63) is 78.6 Å². The second-order valence-corrected chi connectivity index (χ2v) is 5.12. The fourth-order valence-corrected chi connectivity index (χ4v) is 2.35. The molecule has 3 aromatic rings. The average molecular weight is 280 g/mol. The van der Waals surface area contributed by atoms with Crippen LogP contribution in [-0.4, -0.2) is 0 Å². The van der Waals surface area contributed by atoms with Gasteiger partial charge < -0.3 is 0 Å².